The summed E-state index contributed by atoms with van der Waals surface area (Å²) in [7, 11) is 1.37. The van der Waals surface area contributed by atoms with E-state index in [2.05, 4.69) is 15.6 Å². The minimum Gasteiger partial charge on any atom is -0.480 e. The number of hydrogen-bond acceptors (Lipinski definition) is 5. The molecule has 1 aromatic heterocycles. The maximum atomic E-state index is 11.7. The number of ether oxygens (including phenoxy) is 1. The van der Waals surface area contributed by atoms with E-state index in [0.29, 0.717) is 6.42 Å². The molecule has 106 valence electrons. The summed E-state index contributed by atoms with van der Waals surface area (Å²) in [6, 6.07) is -1.85. The summed E-state index contributed by atoms with van der Waals surface area (Å²) < 4.78 is 4.74. The Labute approximate surface area is 115 Å². The average molecular weight is 287 g/mol. The van der Waals surface area contributed by atoms with E-state index in [1.165, 1.54) is 18.4 Å². The molecule has 0 bridgehead atoms. The van der Waals surface area contributed by atoms with Gasteiger partial charge >= 0.3 is 12.0 Å². The smallest absolute Gasteiger partial charge is 0.328 e. The lowest BCUT2D eigenvalue weighted by molar-refractivity contribution is -0.140. The van der Waals surface area contributed by atoms with Gasteiger partial charge in [0.05, 0.1) is 12.6 Å². The first kappa shape index (κ1) is 15.4. The van der Waals surface area contributed by atoms with E-state index in [-0.39, 0.29) is 12.6 Å². The summed E-state index contributed by atoms with van der Waals surface area (Å²) in [5, 5.41) is 16.5. The standard InChI is InChI=1S/C11H17N3O4S/c1-3-7(9-12-4-5-19-9)13-11(17)14-8(6-18-2)10(15)16/h4-5,7-8H,3,6H2,1-2H3,(H,15,16)(H2,13,14,17). The Hall–Kier alpha value is -1.67. The minimum atomic E-state index is -1.14. The van der Waals surface area contributed by atoms with Crippen LogP contribution in [-0.2, 0) is 9.53 Å². The molecule has 0 aliphatic carbocycles. The van der Waals surface area contributed by atoms with Crippen molar-refractivity contribution in [2.24, 2.45) is 0 Å². The number of methoxy groups -OCH3 is 1. The number of aromatic nitrogens is 1. The summed E-state index contributed by atoms with van der Waals surface area (Å²) in [5.74, 6) is -1.14. The third-order valence-corrected chi connectivity index (χ3v) is 3.29. The normalized spacial score (nSPS) is 13.6. The van der Waals surface area contributed by atoms with Gasteiger partial charge in [0.15, 0.2) is 6.04 Å². The van der Waals surface area contributed by atoms with Crippen LogP contribution in [0.25, 0.3) is 0 Å². The highest BCUT2D eigenvalue weighted by atomic mass is 32.1. The van der Waals surface area contributed by atoms with Crippen LogP contribution in [0.3, 0.4) is 0 Å². The molecule has 0 saturated heterocycles. The molecule has 0 aliphatic rings. The molecule has 3 N–H and O–H groups in total. The number of thiazole rings is 1. The van der Waals surface area contributed by atoms with Crippen LogP contribution in [0.2, 0.25) is 0 Å². The second kappa shape index (κ2) is 7.70. The van der Waals surface area contributed by atoms with E-state index in [1.807, 2.05) is 12.3 Å². The summed E-state index contributed by atoms with van der Waals surface area (Å²) in [6.45, 7) is 1.83. The number of urea groups is 1. The van der Waals surface area contributed by atoms with Gasteiger partial charge in [0.25, 0.3) is 0 Å². The van der Waals surface area contributed by atoms with E-state index < -0.39 is 18.0 Å². The molecule has 2 amide bonds. The predicted octanol–water partition coefficient (Wildman–Crippen LogP) is 0.993. The van der Waals surface area contributed by atoms with E-state index in [0.717, 1.165) is 5.01 Å². The number of amides is 2. The van der Waals surface area contributed by atoms with Crippen LogP contribution in [0.15, 0.2) is 11.6 Å². The molecule has 1 aromatic rings. The van der Waals surface area contributed by atoms with Crippen molar-refractivity contribution in [1.82, 2.24) is 15.6 Å². The first-order valence-electron chi connectivity index (χ1n) is 5.76. The SMILES string of the molecule is CCC(NC(=O)NC(COC)C(=O)O)c1nccs1. The molecule has 1 rings (SSSR count). The number of aliphatic carboxylic acids is 1. The van der Waals surface area contributed by atoms with Gasteiger partial charge in [-0.05, 0) is 6.42 Å². The highest BCUT2D eigenvalue weighted by Crippen LogP contribution is 2.18. The van der Waals surface area contributed by atoms with E-state index >= 15 is 0 Å². The van der Waals surface area contributed by atoms with Gasteiger partial charge in [0.1, 0.15) is 5.01 Å². The van der Waals surface area contributed by atoms with Gasteiger partial charge < -0.3 is 20.5 Å². The average Bonchev–Trinajstić information content (AvgIpc) is 2.89. The second-order valence-corrected chi connectivity index (χ2v) is 4.72. The maximum Gasteiger partial charge on any atom is 0.328 e. The fourth-order valence-electron chi connectivity index (χ4n) is 1.44. The maximum absolute atomic E-state index is 11.7. The van der Waals surface area contributed by atoms with Crippen molar-refractivity contribution in [2.45, 2.75) is 25.4 Å². The number of rotatable bonds is 7. The predicted molar refractivity (Wildman–Crippen MR) is 70.1 cm³/mol. The van der Waals surface area contributed by atoms with Gasteiger partial charge in [-0.2, -0.15) is 0 Å². The molecule has 7 nitrogen and oxygen atoms in total. The zero-order valence-electron chi connectivity index (χ0n) is 10.8. The number of hydrogen-bond donors (Lipinski definition) is 3. The molecule has 1 heterocycles. The van der Waals surface area contributed by atoms with Crippen LogP contribution in [0, 0.1) is 0 Å². The number of nitrogens with one attached hydrogen (secondary N) is 2. The van der Waals surface area contributed by atoms with Crippen molar-refractivity contribution in [3.63, 3.8) is 0 Å². The van der Waals surface area contributed by atoms with Crippen LogP contribution in [-0.4, -0.2) is 41.8 Å². The van der Waals surface area contributed by atoms with Crippen LogP contribution in [0.5, 0.6) is 0 Å². The Morgan fingerprint density at radius 1 is 1.53 bits per heavy atom. The molecule has 0 spiro atoms. The van der Waals surface area contributed by atoms with Crippen molar-refractivity contribution in [3.8, 4) is 0 Å². The van der Waals surface area contributed by atoms with Crippen LogP contribution in [0.4, 0.5) is 4.79 Å². The largest absolute Gasteiger partial charge is 0.480 e. The summed E-state index contributed by atoms with van der Waals surface area (Å²) >= 11 is 1.44. The molecule has 0 aliphatic heterocycles. The Morgan fingerprint density at radius 2 is 2.26 bits per heavy atom. The zero-order chi connectivity index (χ0) is 14.3. The molecule has 19 heavy (non-hydrogen) atoms. The topological polar surface area (TPSA) is 101 Å². The van der Waals surface area contributed by atoms with Gasteiger partial charge in [-0.25, -0.2) is 14.6 Å². The second-order valence-electron chi connectivity index (χ2n) is 3.80. The van der Waals surface area contributed by atoms with Crippen molar-refractivity contribution in [1.29, 1.82) is 0 Å². The highest BCUT2D eigenvalue weighted by molar-refractivity contribution is 7.09. The number of carboxylic acid groups (broad SMARTS) is 1. The van der Waals surface area contributed by atoms with E-state index in [4.69, 9.17) is 9.84 Å². The lowest BCUT2D eigenvalue weighted by Crippen LogP contribution is -2.48. The first-order chi connectivity index (χ1) is 9.08. The molecule has 0 fully saturated rings. The number of carboxylic acids is 1. The van der Waals surface area contributed by atoms with Gasteiger partial charge in [-0.3, -0.25) is 0 Å². The first-order valence-corrected chi connectivity index (χ1v) is 6.64. The van der Waals surface area contributed by atoms with Gasteiger partial charge in [0.2, 0.25) is 0 Å². The number of carbonyl (C=O) groups is 2. The molecular formula is C11H17N3O4S. The fourth-order valence-corrected chi connectivity index (χ4v) is 2.22. The lowest BCUT2D eigenvalue weighted by Gasteiger charge is -2.18. The Morgan fingerprint density at radius 3 is 2.74 bits per heavy atom. The third kappa shape index (κ3) is 4.84. The Bertz CT molecular complexity index is 410. The highest BCUT2D eigenvalue weighted by Gasteiger charge is 2.22. The summed E-state index contributed by atoms with van der Waals surface area (Å²) in [4.78, 5) is 26.7. The molecule has 2 atom stereocenters. The lowest BCUT2D eigenvalue weighted by atomic mass is 10.2. The third-order valence-electron chi connectivity index (χ3n) is 2.40. The Balaban J connectivity index is 2.55. The Kier molecular flexibility index (Phi) is 6.23. The van der Waals surface area contributed by atoms with Gasteiger partial charge in [-0.15, -0.1) is 11.3 Å². The molecule has 0 saturated carbocycles. The summed E-state index contributed by atoms with van der Waals surface area (Å²) in [6.07, 6.45) is 2.33. The zero-order valence-corrected chi connectivity index (χ0v) is 11.6. The molecule has 8 heteroatoms. The number of carbonyl (C=O) groups excluding carboxylic acids is 1. The fraction of sp³-hybridized carbons (Fsp3) is 0.545. The van der Waals surface area contributed by atoms with Crippen molar-refractivity contribution >= 4 is 23.3 Å². The quantitative estimate of drug-likeness (QED) is 0.694. The van der Waals surface area contributed by atoms with Crippen molar-refractivity contribution < 1.29 is 19.4 Å². The van der Waals surface area contributed by atoms with Gasteiger partial charge in [0, 0.05) is 18.7 Å². The van der Waals surface area contributed by atoms with Crippen LogP contribution < -0.4 is 10.6 Å². The van der Waals surface area contributed by atoms with Crippen molar-refractivity contribution in [3.05, 3.63) is 16.6 Å². The number of nitrogens with zero attached hydrogens (tertiary/aromatic N) is 1. The van der Waals surface area contributed by atoms with E-state index in [9.17, 15) is 9.59 Å². The molecule has 0 aromatic carbocycles. The van der Waals surface area contributed by atoms with Crippen molar-refractivity contribution in [2.75, 3.05) is 13.7 Å². The molecule has 0 radical (unpaired) electrons. The monoisotopic (exact) mass is 287 g/mol. The molecule has 2 unspecified atom stereocenters. The minimum absolute atomic E-state index is 0.0865. The van der Waals surface area contributed by atoms with E-state index in [1.54, 1.807) is 6.20 Å². The molecular weight excluding hydrogens is 270 g/mol. The van der Waals surface area contributed by atoms with Crippen LogP contribution >= 0.6 is 11.3 Å². The summed E-state index contributed by atoms with van der Waals surface area (Å²) in [5.41, 5.74) is 0. The van der Waals surface area contributed by atoms with Gasteiger partial charge in [-0.1, -0.05) is 6.92 Å². The van der Waals surface area contributed by atoms with Crippen LogP contribution in [0.1, 0.15) is 24.4 Å².